The highest BCUT2D eigenvalue weighted by molar-refractivity contribution is 9.10. The number of aromatic nitrogens is 1. The summed E-state index contributed by atoms with van der Waals surface area (Å²) in [4.78, 5) is 0.485. The summed E-state index contributed by atoms with van der Waals surface area (Å²) in [5, 5.41) is 3.67. The van der Waals surface area contributed by atoms with Crippen LogP contribution in [0.3, 0.4) is 0 Å². The van der Waals surface area contributed by atoms with E-state index in [4.69, 9.17) is 0 Å². The number of hydrogen-bond donors (Lipinski definition) is 0. The molecule has 23 heavy (non-hydrogen) atoms. The summed E-state index contributed by atoms with van der Waals surface area (Å²) in [5.41, 5.74) is 1.99. The number of thiazole rings is 1. The van der Waals surface area contributed by atoms with Crippen molar-refractivity contribution in [2.24, 2.45) is 4.40 Å². The van der Waals surface area contributed by atoms with E-state index >= 15 is 0 Å². The van der Waals surface area contributed by atoms with E-state index in [0.717, 1.165) is 15.7 Å². The van der Waals surface area contributed by atoms with Gasteiger partial charge in [-0.25, -0.2) is 0 Å². The Morgan fingerprint density at radius 1 is 1.17 bits per heavy atom. The number of benzene rings is 1. The second-order valence-corrected chi connectivity index (χ2v) is 9.18. The Kier molecular flexibility index (Phi) is 4.86. The van der Waals surface area contributed by atoms with Crippen LogP contribution in [-0.4, -0.2) is 13.0 Å². The van der Waals surface area contributed by atoms with Gasteiger partial charge in [-0.3, -0.25) is 0 Å². The molecule has 1 aromatic carbocycles. The number of sulfonamides is 1. The number of nitrogens with zero attached hydrogens (tertiary/aromatic N) is 2. The Bertz CT molecular complexity index is 969. The normalized spacial score (nSPS) is 12.7. The van der Waals surface area contributed by atoms with E-state index in [2.05, 4.69) is 20.3 Å². The first-order valence-corrected chi connectivity index (χ1v) is 10.8. The van der Waals surface area contributed by atoms with Gasteiger partial charge >= 0.3 is 0 Å². The second kappa shape index (κ2) is 6.72. The second-order valence-electron chi connectivity index (χ2n) is 4.65. The molecule has 0 atom stereocenters. The van der Waals surface area contributed by atoms with E-state index < -0.39 is 10.0 Å². The zero-order chi connectivity index (χ0) is 16.4. The van der Waals surface area contributed by atoms with Crippen LogP contribution in [0.5, 0.6) is 0 Å². The molecule has 0 bridgehead atoms. The van der Waals surface area contributed by atoms with Crippen molar-refractivity contribution in [2.45, 2.75) is 17.7 Å². The monoisotopic (exact) mass is 428 g/mol. The van der Waals surface area contributed by atoms with Gasteiger partial charge < -0.3 is 4.57 Å². The van der Waals surface area contributed by atoms with Crippen LogP contribution in [0.1, 0.15) is 6.92 Å². The minimum atomic E-state index is -3.65. The quantitative estimate of drug-likeness (QED) is 0.619. The number of hydrogen-bond acceptors (Lipinski definition) is 4. The maximum absolute atomic E-state index is 12.4. The third kappa shape index (κ3) is 3.50. The zero-order valence-corrected chi connectivity index (χ0v) is 16.2. The van der Waals surface area contributed by atoms with Crippen LogP contribution in [0.4, 0.5) is 0 Å². The number of halogens is 1. The minimum absolute atomic E-state index is 0.263. The Hall–Kier alpha value is -1.22. The topological polar surface area (TPSA) is 51.4 Å². The Labute approximate surface area is 151 Å². The van der Waals surface area contributed by atoms with Gasteiger partial charge in [-0.2, -0.15) is 8.42 Å². The fraction of sp³-hybridized carbons (Fsp3) is 0.133. The van der Waals surface area contributed by atoms with Crippen molar-refractivity contribution < 1.29 is 8.42 Å². The molecule has 0 fully saturated rings. The van der Waals surface area contributed by atoms with E-state index in [1.807, 2.05) is 41.1 Å². The van der Waals surface area contributed by atoms with Crippen molar-refractivity contribution in [3.05, 3.63) is 56.4 Å². The van der Waals surface area contributed by atoms with Crippen molar-refractivity contribution in [2.75, 3.05) is 0 Å². The molecule has 0 saturated carbocycles. The summed E-state index contributed by atoms with van der Waals surface area (Å²) in [5.74, 6) is 0. The highest BCUT2D eigenvalue weighted by Gasteiger charge is 2.15. The summed E-state index contributed by atoms with van der Waals surface area (Å²) in [6, 6.07) is 11.2. The first-order valence-electron chi connectivity index (χ1n) is 6.80. The average molecular weight is 429 g/mol. The van der Waals surface area contributed by atoms with Gasteiger partial charge in [0.05, 0.1) is 5.69 Å². The van der Waals surface area contributed by atoms with Crippen molar-refractivity contribution in [1.29, 1.82) is 0 Å². The van der Waals surface area contributed by atoms with Gasteiger partial charge in [0.25, 0.3) is 10.0 Å². The highest BCUT2D eigenvalue weighted by atomic mass is 79.9. The molecule has 2 heterocycles. The van der Waals surface area contributed by atoms with E-state index in [-0.39, 0.29) is 4.21 Å². The maximum Gasteiger partial charge on any atom is 0.294 e. The molecular formula is C15H13BrN2O2S3. The summed E-state index contributed by atoms with van der Waals surface area (Å²) in [6.45, 7) is 2.62. The van der Waals surface area contributed by atoms with Crippen molar-refractivity contribution in [1.82, 2.24) is 4.57 Å². The van der Waals surface area contributed by atoms with Gasteiger partial charge in [-0.15, -0.1) is 27.1 Å². The Morgan fingerprint density at radius 2 is 1.91 bits per heavy atom. The van der Waals surface area contributed by atoms with Crippen LogP contribution < -0.4 is 4.80 Å². The summed E-state index contributed by atoms with van der Waals surface area (Å²) >= 11 is 5.93. The van der Waals surface area contributed by atoms with Crippen molar-refractivity contribution in [3.63, 3.8) is 0 Å². The first-order chi connectivity index (χ1) is 11.0. The lowest BCUT2D eigenvalue weighted by molar-refractivity contribution is 0.597. The number of rotatable bonds is 4. The lowest BCUT2D eigenvalue weighted by atomic mass is 10.2. The standard InChI is InChI=1S/C15H13BrN2O2S3/c1-2-18-13(11-5-7-12(16)8-6-11)10-22-15(18)17-23(19,20)14-4-3-9-21-14/h3-10H,2H2,1H3. The predicted octanol–water partition coefficient (Wildman–Crippen LogP) is 4.35. The molecule has 3 rings (SSSR count). The fourth-order valence-corrected chi connectivity index (χ4v) is 5.54. The van der Waals surface area contributed by atoms with Crippen LogP contribution in [0, 0.1) is 0 Å². The smallest absolute Gasteiger partial charge is 0.294 e. The van der Waals surface area contributed by atoms with Crippen LogP contribution >= 0.6 is 38.6 Å². The van der Waals surface area contributed by atoms with Crippen LogP contribution in [0.25, 0.3) is 11.3 Å². The SMILES string of the molecule is CCn1c(-c2ccc(Br)cc2)csc1=NS(=O)(=O)c1cccs1. The molecule has 0 amide bonds. The van der Waals surface area contributed by atoms with Crippen LogP contribution in [0.2, 0.25) is 0 Å². The number of thiophene rings is 1. The molecule has 4 nitrogen and oxygen atoms in total. The molecule has 0 saturated heterocycles. The predicted molar refractivity (Wildman–Crippen MR) is 98.2 cm³/mol. The molecule has 0 radical (unpaired) electrons. The molecule has 2 aromatic heterocycles. The van der Waals surface area contributed by atoms with Gasteiger partial charge in [0.15, 0.2) is 0 Å². The molecule has 0 unspecified atom stereocenters. The zero-order valence-electron chi connectivity index (χ0n) is 12.1. The van der Waals surface area contributed by atoms with Crippen molar-refractivity contribution >= 4 is 48.6 Å². The molecule has 120 valence electrons. The molecule has 0 aliphatic carbocycles. The molecular weight excluding hydrogens is 416 g/mol. The first kappa shape index (κ1) is 16.6. The third-order valence-corrected chi connectivity index (χ3v) is 7.35. The third-order valence-electron chi connectivity index (χ3n) is 3.20. The lowest BCUT2D eigenvalue weighted by Crippen LogP contribution is -2.17. The van der Waals surface area contributed by atoms with E-state index in [1.54, 1.807) is 17.5 Å². The Balaban J connectivity index is 2.12. The van der Waals surface area contributed by atoms with Gasteiger partial charge in [-0.05, 0) is 36.1 Å². The van der Waals surface area contributed by atoms with Gasteiger partial charge in [-0.1, -0.05) is 34.1 Å². The Morgan fingerprint density at radius 3 is 2.52 bits per heavy atom. The highest BCUT2D eigenvalue weighted by Crippen LogP contribution is 2.23. The van der Waals surface area contributed by atoms with Crippen LogP contribution in [-0.2, 0) is 16.6 Å². The average Bonchev–Trinajstić information content (AvgIpc) is 3.17. The van der Waals surface area contributed by atoms with Crippen LogP contribution in [0.15, 0.2) is 60.2 Å². The van der Waals surface area contributed by atoms with Gasteiger partial charge in [0.2, 0.25) is 4.80 Å². The largest absolute Gasteiger partial charge is 0.316 e. The maximum atomic E-state index is 12.4. The molecule has 0 aliphatic heterocycles. The van der Waals surface area contributed by atoms with Gasteiger partial charge in [0, 0.05) is 16.4 Å². The lowest BCUT2D eigenvalue weighted by Gasteiger charge is -2.06. The van der Waals surface area contributed by atoms with Gasteiger partial charge in [0.1, 0.15) is 4.21 Å². The van der Waals surface area contributed by atoms with E-state index in [1.165, 1.54) is 22.7 Å². The summed E-state index contributed by atoms with van der Waals surface area (Å²) < 4.78 is 31.9. The molecule has 0 aliphatic rings. The van der Waals surface area contributed by atoms with E-state index in [0.29, 0.717) is 11.3 Å². The minimum Gasteiger partial charge on any atom is -0.316 e. The molecule has 0 N–H and O–H groups in total. The molecule has 0 spiro atoms. The van der Waals surface area contributed by atoms with Crippen molar-refractivity contribution in [3.8, 4) is 11.3 Å². The fourth-order valence-electron chi connectivity index (χ4n) is 2.12. The summed E-state index contributed by atoms with van der Waals surface area (Å²) in [6.07, 6.45) is 0. The summed E-state index contributed by atoms with van der Waals surface area (Å²) in [7, 11) is -3.65. The molecule has 3 aromatic rings. The molecule has 8 heteroatoms. The van der Waals surface area contributed by atoms with E-state index in [9.17, 15) is 8.42 Å².